The summed E-state index contributed by atoms with van der Waals surface area (Å²) in [5, 5.41) is 13.0. The van der Waals surface area contributed by atoms with Gasteiger partial charge < -0.3 is 9.26 Å². The van der Waals surface area contributed by atoms with Crippen LogP contribution in [0.1, 0.15) is 17.3 Å². The van der Waals surface area contributed by atoms with E-state index in [1.807, 2.05) is 24.3 Å². The molecule has 4 aromatic rings. The Labute approximate surface area is 176 Å². The first-order valence-corrected chi connectivity index (χ1v) is 9.61. The quantitative estimate of drug-likeness (QED) is 0.447. The Balaban J connectivity index is 1.50. The summed E-state index contributed by atoms with van der Waals surface area (Å²) in [5.41, 5.74) is 2.02. The summed E-state index contributed by atoms with van der Waals surface area (Å²) in [5.74, 6) is 1.04. The van der Waals surface area contributed by atoms with Crippen LogP contribution in [0, 0.1) is 0 Å². The number of nitrogens with zero attached hydrogens (tertiary/aromatic N) is 6. The number of aryl methyl sites for hydroxylation is 3. The summed E-state index contributed by atoms with van der Waals surface area (Å²) in [7, 11) is 3.23. The van der Waals surface area contributed by atoms with E-state index < -0.39 is 5.56 Å². The van der Waals surface area contributed by atoms with Crippen LogP contribution < -0.4 is 10.3 Å². The van der Waals surface area contributed by atoms with Gasteiger partial charge >= 0.3 is 5.56 Å². The zero-order valence-electron chi connectivity index (χ0n) is 16.4. The molecule has 0 saturated heterocycles. The van der Waals surface area contributed by atoms with Gasteiger partial charge in [0.2, 0.25) is 5.89 Å². The van der Waals surface area contributed by atoms with Gasteiger partial charge in [-0.15, -0.1) is 0 Å². The van der Waals surface area contributed by atoms with Gasteiger partial charge in [-0.3, -0.25) is 9.48 Å². The van der Waals surface area contributed by atoms with Crippen molar-refractivity contribution in [3.05, 3.63) is 75.4 Å². The van der Waals surface area contributed by atoms with Crippen molar-refractivity contribution in [2.24, 2.45) is 7.05 Å². The van der Waals surface area contributed by atoms with Crippen molar-refractivity contribution in [2.75, 3.05) is 7.11 Å². The molecule has 0 unspecified atom stereocenters. The highest BCUT2D eigenvalue weighted by Crippen LogP contribution is 2.25. The SMILES string of the molecule is COc1c(-c2ccnn2C)cnn(Cc2nc(CCc3ccc(Cl)cc3)no2)c1=O. The Morgan fingerprint density at radius 2 is 1.93 bits per heavy atom. The Hall–Kier alpha value is -3.46. The van der Waals surface area contributed by atoms with Crippen LogP contribution in [0.3, 0.4) is 0 Å². The van der Waals surface area contributed by atoms with Gasteiger partial charge in [-0.25, -0.2) is 4.68 Å². The fraction of sp³-hybridized carbons (Fsp3) is 0.250. The fourth-order valence-corrected chi connectivity index (χ4v) is 3.22. The number of aromatic nitrogens is 6. The van der Waals surface area contributed by atoms with Crippen molar-refractivity contribution in [3.63, 3.8) is 0 Å². The molecule has 0 spiro atoms. The molecule has 0 radical (unpaired) electrons. The maximum absolute atomic E-state index is 12.8. The molecule has 9 nitrogen and oxygen atoms in total. The standard InChI is InChI=1S/C20H19ClN6O3/c1-26-16(9-10-22-26)15-11-23-27(20(28)19(15)29-2)12-18-24-17(25-30-18)8-5-13-3-6-14(21)7-4-13/h3-4,6-7,9-11H,5,8,12H2,1-2H3. The lowest BCUT2D eigenvalue weighted by atomic mass is 10.1. The zero-order valence-corrected chi connectivity index (χ0v) is 17.2. The van der Waals surface area contributed by atoms with Crippen LogP contribution in [0.4, 0.5) is 0 Å². The van der Waals surface area contributed by atoms with Crippen LogP contribution in [-0.4, -0.2) is 36.8 Å². The highest BCUT2D eigenvalue weighted by molar-refractivity contribution is 6.30. The van der Waals surface area contributed by atoms with Crippen molar-refractivity contribution in [3.8, 4) is 17.0 Å². The van der Waals surface area contributed by atoms with Crippen molar-refractivity contribution in [2.45, 2.75) is 19.4 Å². The Morgan fingerprint density at radius 3 is 2.63 bits per heavy atom. The predicted molar refractivity (Wildman–Crippen MR) is 110 cm³/mol. The third-order valence-electron chi connectivity index (χ3n) is 4.65. The number of benzene rings is 1. The Morgan fingerprint density at radius 1 is 1.13 bits per heavy atom. The van der Waals surface area contributed by atoms with Crippen LogP contribution in [0.5, 0.6) is 5.75 Å². The monoisotopic (exact) mass is 426 g/mol. The van der Waals surface area contributed by atoms with Gasteiger partial charge in [-0.05, 0) is 30.2 Å². The summed E-state index contributed by atoms with van der Waals surface area (Å²) >= 11 is 5.90. The number of methoxy groups -OCH3 is 1. The lowest BCUT2D eigenvalue weighted by Crippen LogP contribution is -2.25. The summed E-state index contributed by atoms with van der Waals surface area (Å²) < 4.78 is 13.5. The highest BCUT2D eigenvalue weighted by atomic mass is 35.5. The van der Waals surface area contributed by atoms with Crippen LogP contribution in [-0.2, 0) is 26.4 Å². The van der Waals surface area contributed by atoms with E-state index in [0.29, 0.717) is 28.7 Å². The van der Waals surface area contributed by atoms with Crippen molar-refractivity contribution in [1.29, 1.82) is 0 Å². The van der Waals surface area contributed by atoms with Crippen molar-refractivity contribution >= 4 is 11.6 Å². The third-order valence-corrected chi connectivity index (χ3v) is 4.90. The van der Waals surface area contributed by atoms with Crippen LogP contribution in [0.15, 0.2) is 52.0 Å². The van der Waals surface area contributed by atoms with Gasteiger partial charge in [-0.1, -0.05) is 28.9 Å². The first-order valence-electron chi connectivity index (χ1n) is 9.23. The third kappa shape index (κ3) is 4.11. The molecule has 0 fully saturated rings. The molecule has 4 rings (SSSR count). The van der Waals surface area contributed by atoms with E-state index in [1.54, 1.807) is 30.2 Å². The topological polar surface area (TPSA) is 101 Å². The van der Waals surface area contributed by atoms with E-state index in [2.05, 4.69) is 20.3 Å². The van der Waals surface area contributed by atoms with E-state index in [0.717, 1.165) is 17.7 Å². The Bertz CT molecular complexity index is 1210. The molecular formula is C20H19ClN6O3. The van der Waals surface area contributed by atoms with Crippen molar-refractivity contribution < 1.29 is 9.26 Å². The van der Waals surface area contributed by atoms with Crippen molar-refractivity contribution in [1.82, 2.24) is 29.7 Å². The minimum absolute atomic E-state index is 0.0504. The molecule has 0 aliphatic carbocycles. The number of hydrogen-bond acceptors (Lipinski definition) is 7. The number of ether oxygens (including phenoxy) is 1. The molecular weight excluding hydrogens is 408 g/mol. The minimum Gasteiger partial charge on any atom is -0.491 e. The van der Waals surface area contributed by atoms with E-state index in [9.17, 15) is 4.79 Å². The molecule has 0 atom stereocenters. The molecule has 3 heterocycles. The molecule has 0 aliphatic rings. The minimum atomic E-state index is -0.392. The molecule has 0 N–H and O–H groups in total. The summed E-state index contributed by atoms with van der Waals surface area (Å²) in [6, 6.07) is 9.40. The molecule has 3 aromatic heterocycles. The summed E-state index contributed by atoms with van der Waals surface area (Å²) in [4.78, 5) is 17.2. The van der Waals surface area contributed by atoms with Gasteiger partial charge in [-0.2, -0.15) is 15.2 Å². The second kappa shape index (κ2) is 8.50. The summed E-state index contributed by atoms with van der Waals surface area (Å²) in [6.07, 6.45) is 4.57. The van der Waals surface area contributed by atoms with Gasteiger partial charge in [0.1, 0.15) is 6.54 Å². The van der Waals surface area contributed by atoms with Gasteiger partial charge in [0.05, 0.1) is 24.6 Å². The van der Waals surface area contributed by atoms with Crippen LogP contribution in [0.25, 0.3) is 11.3 Å². The molecule has 0 amide bonds. The molecule has 0 saturated carbocycles. The second-order valence-corrected chi connectivity index (χ2v) is 7.06. The number of hydrogen-bond donors (Lipinski definition) is 0. The van der Waals surface area contributed by atoms with E-state index >= 15 is 0 Å². The largest absolute Gasteiger partial charge is 0.491 e. The molecule has 0 bridgehead atoms. The second-order valence-electron chi connectivity index (χ2n) is 6.63. The lowest BCUT2D eigenvalue weighted by Gasteiger charge is -2.10. The van der Waals surface area contributed by atoms with E-state index in [1.165, 1.54) is 11.8 Å². The van der Waals surface area contributed by atoms with E-state index in [-0.39, 0.29) is 12.3 Å². The Kier molecular flexibility index (Phi) is 5.62. The number of rotatable bonds is 7. The summed E-state index contributed by atoms with van der Waals surface area (Å²) in [6.45, 7) is 0.0504. The first kappa shape index (κ1) is 19.8. The van der Waals surface area contributed by atoms with Gasteiger partial charge in [0.15, 0.2) is 11.6 Å². The fourth-order valence-electron chi connectivity index (χ4n) is 3.09. The molecule has 154 valence electrons. The normalized spacial score (nSPS) is 11.0. The molecule has 30 heavy (non-hydrogen) atoms. The first-order chi connectivity index (χ1) is 14.5. The molecule has 0 aliphatic heterocycles. The smallest absolute Gasteiger partial charge is 0.310 e. The van der Waals surface area contributed by atoms with Gasteiger partial charge in [0, 0.05) is 24.7 Å². The lowest BCUT2D eigenvalue weighted by molar-refractivity contribution is 0.353. The van der Waals surface area contributed by atoms with Crippen LogP contribution >= 0.6 is 11.6 Å². The maximum Gasteiger partial charge on any atom is 0.310 e. The predicted octanol–water partition coefficient (Wildman–Crippen LogP) is 2.52. The zero-order chi connectivity index (χ0) is 21.1. The van der Waals surface area contributed by atoms with Gasteiger partial charge in [0.25, 0.3) is 0 Å². The van der Waals surface area contributed by atoms with Crippen LogP contribution in [0.2, 0.25) is 5.02 Å². The average molecular weight is 427 g/mol. The average Bonchev–Trinajstić information content (AvgIpc) is 3.37. The molecule has 10 heteroatoms. The maximum atomic E-state index is 12.8. The highest BCUT2D eigenvalue weighted by Gasteiger charge is 2.17. The number of halogens is 1. The molecule has 1 aromatic carbocycles. The van der Waals surface area contributed by atoms with E-state index in [4.69, 9.17) is 20.9 Å².